The molecule has 1 aromatic carbocycles. The van der Waals surface area contributed by atoms with Crippen molar-refractivity contribution in [3.05, 3.63) is 29.8 Å². The molecule has 1 aliphatic heterocycles. The number of sulfonamides is 1. The van der Waals surface area contributed by atoms with E-state index in [2.05, 4.69) is 0 Å². The van der Waals surface area contributed by atoms with E-state index in [4.69, 9.17) is 5.11 Å². The number of piperidine rings is 1. The van der Waals surface area contributed by atoms with Gasteiger partial charge < -0.3 is 5.11 Å². The SMILES string of the molecule is CC1CCC(C)N(S(=O)(=O)c2ccccc2C(=O)O)C1. The van der Waals surface area contributed by atoms with Crippen molar-refractivity contribution in [3.8, 4) is 0 Å². The zero-order valence-corrected chi connectivity index (χ0v) is 12.4. The molecule has 1 aromatic rings. The highest BCUT2D eigenvalue weighted by Gasteiger charge is 2.35. The molecule has 1 aliphatic rings. The molecule has 2 atom stereocenters. The molecule has 2 unspecified atom stereocenters. The van der Waals surface area contributed by atoms with Crippen molar-refractivity contribution in [3.63, 3.8) is 0 Å². The van der Waals surface area contributed by atoms with Gasteiger partial charge >= 0.3 is 5.97 Å². The maximum absolute atomic E-state index is 12.7. The van der Waals surface area contributed by atoms with Crippen molar-refractivity contribution in [2.45, 2.75) is 37.6 Å². The van der Waals surface area contributed by atoms with Crippen molar-refractivity contribution in [2.24, 2.45) is 5.92 Å². The summed E-state index contributed by atoms with van der Waals surface area (Å²) in [5.74, 6) is -0.931. The molecule has 5 nitrogen and oxygen atoms in total. The van der Waals surface area contributed by atoms with E-state index in [1.54, 1.807) is 6.07 Å². The second-order valence-corrected chi connectivity index (χ2v) is 7.27. The van der Waals surface area contributed by atoms with Crippen molar-refractivity contribution >= 4 is 16.0 Å². The molecule has 1 heterocycles. The number of benzene rings is 1. The number of aromatic carboxylic acids is 1. The monoisotopic (exact) mass is 297 g/mol. The van der Waals surface area contributed by atoms with Crippen LogP contribution < -0.4 is 0 Å². The van der Waals surface area contributed by atoms with Gasteiger partial charge in [0.1, 0.15) is 0 Å². The van der Waals surface area contributed by atoms with Gasteiger partial charge in [-0.05, 0) is 37.8 Å². The number of hydrogen-bond donors (Lipinski definition) is 1. The fraction of sp³-hybridized carbons (Fsp3) is 0.500. The van der Waals surface area contributed by atoms with E-state index in [1.165, 1.54) is 22.5 Å². The first-order valence-corrected chi connectivity index (χ1v) is 8.12. The largest absolute Gasteiger partial charge is 0.478 e. The Morgan fingerprint density at radius 2 is 1.90 bits per heavy atom. The highest BCUT2D eigenvalue weighted by atomic mass is 32.2. The van der Waals surface area contributed by atoms with E-state index < -0.39 is 16.0 Å². The molecule has 0 amide bonds. The Bertz CT molecular complexity index is 611. The fourth-order valence-electron chi connectivity index (χ4n) is 2.58. The van der Waals surface area contributed by atoms with Crippen LogP contribution in [0.1, 0.15) is 37.0 Å². The average Bonchev–Trinajstić information content (AvgIpc) is 2.41. The molecule has 0 aliphatic carbocycles. The molecule has 6 heteroatoms. The quantitative estimate of drug-likeness (QED) is 0.928. The molecule has 2 rings (SSSR count). The lowest BCUT2D eigenvalue weighted by Gasteiger charge is -2.35. The van der Waals surface area contributed by atoms with Gasteiger partial charge in [0.05, 0.1) is 10.5 Å². The van der Waals surface area contributed by atoms with Gasteiger partial charge in [-0.15, -0.1) is 0 Å². The van der Waals surface area contributed by atoms with Gasteiger partial charge in [-0.3, -0.25) is 0 Å². The molecule has 0 spiro atoms. The van der Waals surface area contributed by atoms with E-state index in [1.807, 2.05) is 13.8 Å². The first kappa shape index (κ1) is 15.0. The topological polar surface area (TPSA) is 74.7 Å². The van der Waals surface area contributed by atoms with E-state index in [-0.39, 0.29) is 22.4 Å². The zero-order valence-electron chi connectivity index (χ0n) is 11.6. The van der Waals surface area contributed by atoms with E-state index >= 15 is 0 Å². The van der Waals surface area contributed by atoms with Gasteiger partial charge in [0.25, 0.3) is 0 Å². The second-order valence-electron chi connectivity index (χ2n) is 5.41. The summed E-state index contributed by atoms with van der Waals surface area (Å²) in [6.07, 6.45) is 1.80. The molecule has 110 valence electrons. The summed E-state index contributed by atoms with van der Waals surface area (Å²) >= 11 is 0. The van der Waals surface area contributed by atoms with Crippen LogP contribution in [0.2, 0.25) is 0 Å². The van der Waals surface area contributed by atoms with Crippen LogP contribution in [0, 0.1) is 5.92 Å². The number of hydrogen-bond acceptors (Lipinski definition) is 3. The number of carboxylic acid groups (broad SMARTS) is 1. The van der Waals surface area contributed by atoms with Crippen LogP contribution in [0.4, 0.5) is 0 Å². The molecular weight excluding hydrogens is 278 g/mol. The van der Waals surface area contributed by atoms with Crippen molar-refractivity contribution in [2.75, 3.05) is 6.54 Å². The summed E-state index contributed by atoms with van der Waals surface area (Å²) in [5, 5.41) is 9.16. The lowest BCUT2D eigenvalue weighted by molar-refractivity contribution is 0.0692. The summed E-state index contributed by atoms with van der Waals surface area (Å²) in [7, 11) is -3.77. The lowest BCUT2D eigenvalue weighted by atomic mass is 9.97. The molecule has 0 bridgehead atoms. The van der Waals surface area contributed by atoms with E-state index in [0.29, 0.717) is 6.54 Å². The Balaban J connectivity index is 2.47. The van der Waals surface area contributed by atoms with Crippen molar-refractivity contribution < 1.29 is 18.3 Å². The molecule has 0 radical (unpaired) electrons. The highest BCUT2D eigenvalue weighted by molar-refractivity contribution is 7.89. The molecule has 1 saturated heterocycles. The van der Waals surface area contributed by atoms with Crippen LogP contribution in [0.3, 0.4) is 0 Å². The molecule has 0 saturated carbocycles. The minimum Gasteiger partial charge on any atom is -0.478 e. The molecule has 1 fully saturated rings. The second kappa shape index (κ2) is 5.54. The standard InChI is InChI=1S/C14H19NO4S/c1-10-7-8-11(2)15(9-10)20(18,19)13-6-4-3-5-12(13)14(16)17/h3-6,10-11H,7-9H2,1-2H3,(H,16,17). The van der Waals surface area contributed by atoms with Gasteiger partial charge in [0.2, 0.25) is 10.0 Å². The fourth-order valence-corrected chi connectivity index (χ4v) is 4.54. The normalized spacial score (nSPS) is 24.5. The van der Waals surface area contributed by atoms with Crippen LogP contribution in [0.5, 0.6) is 0 Å². The molecule has 1 N–H and O–H groups in total. The van der Waals surface area contributed by atoms with Crippen molar-refractivity contribution in [1.29, 1.82) is 0 Å². The first-order chi connectivity index (χ1) is 9.34. The van der Waals surface area contributed by atoms with Gasteiger partial charge in [0.15, 0.2) is 0 Å². The maximum Gasteiger partial charge on any atom is 0.337 e. The molecule has 20 heavy (non-hydrogen) atoms. The van der Waals surface area contributed by atoms with Crippen LogP contribution >= 0.6 is 0 Å². The van der Waals surface area contributed by atoms with E-state index in [0.717, 1.165) is 12.8 Å². The third kappa shape index (κ3) is 2.71. The van der Waals surface area contributed by atoms with Crippen LogP contribution in [-0.2, 0) is 10.0 Å². The van der Waals surface area contributed by atoms with Gasteiger partial charge in [-0.1, -0.05) is 19.1 Å². The number of nitrogens with zero attached hydrogens (tertiary/aromatic N) is 1. The molecule has 0 aromatic heterocycles. The van der Waals surface area contributed by atoms with Crippen LogP contribution in [0.15, 0.2) is 29.2 Å². The summed E-state index contributed by atoms with van der Waals surface area (Å²) in [5.41, 5.74) is -0.169. The smallest absolute Gasteiger partial charge is 0.337 e. The maximum atomic E-state index is 12.7. The summed E-state index contributed by atoms with van der Waals surface area (Å²) in [6, 6.07) is 5.68. The minimum absolute atomic E-state index is 0.0990. The Labute approximate surface area is 119 Å². The Kier molecular flexibility index (Phi) is 4.15. The van der Waals surface area contributed by atoms with E-state index in [9.17, 15) is 13.2 Å². The Morgan fingerprint density at radius 1 is 1.25 bits per heavy atom. The third-order valence-corrected chi connectivity index (χ3v) is 5.80. The van der Waals surface area contributed by atoms with Crippen LogP contribution in [-0.4, -0.2) is 36.4 Å². The van der Waals surface area contributed by atoms with Gasteiger partial charge in [-0.25, -0.2) is 13.2 Å². The van der Waals surface area contributed by atoms with Gasteiger partial charge in [-0.2, -0.15) is 4.31 Å². The van der Waals surface area contributed by atoms with Crippen LogP contribution in [0.25, 0.3) is 0 Å². The third-order valence-electron chi connectivity index (χ3n) is 3.76. The number of rotatable bonds is 3. The lowest BCUT2D eigenvalue weighted by Crippen LogP contribution is -2.45. The number of carboxylic acids is 1. The minimum atomic E-state index is -3.77. The zero-order chi connectivity index (χ0) is 14.9. The predicted molar refractivity (Wildman–Crippen MR) is 75.2 cm³/mol. The number of carbonyl (C=O) groups is 1. The predicted octanol–water partition coefficient (Wildman–Crippen LogP) is 2.19. The Morgan fingerprint density at radius 3 is 2.55 bits per heavy atom. The van der Waals surface area contributed by atoms with Gasteiger partial charge in [0, 0.05) is 12.6 Å². The first-order valence-electron chi connectivity index (χ1n) is 6.68. The summed E-state index contributed by atoms with van der Waals surface area (Å²) in [6.45, 7) is 4.32. The Hall–Kier alpha value is -1.40. The highest BCUT2D eigenvalue weighted by Crippen LogP contribution is 2.29. The average molecular weight is 297 g/mol. The summed E-state index contributed by atoms with van der Waals surface area (Å²) in [4.78, 5) is 11.1. The van der Waals surface area contributed by atoms with Crippen molar-refractivity contribution in [1.82, 2.24) is 4.31 Å². The summed E-state index contributed by atoms with van der Waals surface area (Å²) < 4.78 is 26.9. The molecular formula is C14H19NO4S.